The molecule has 0 saturated carbocycles. The first-order valence-corrected chi connectivity index (χ1v) is 8.76. The Morgan fingerprint density at radius 1 is 1.12 bits per heavy atom. The molecule has 0 aliphatic carbocycles. The molecular formula is C19H20N4S. The topological polar surface area (TPSA) is 44.0 Å². The Bertz CT molecular complexity index is 810. The van der Waals surface area contributed by atoms with Gasteiger partial charge in [0, 0.05) is 24.7 Å². The third-order valence-corrected chi connectivity index (χ3v) is 4.89. The van der Waals surface area contributed by atoms with Crippen LogP contribution >= 0.6 is 12.2 Å². The third kappa shape index (κ3) is 3.12. The summed E-state index contributed by atoms with van der Waals surface area (Å²) in [7, 11) is 0. The lowest BCUT2D eigenvalue weighted by Crippen LogP contribution is -2.41. The third-order valence-electron chi connectivity index (χ3n) is 4.53. The van der Waals surface area contributed by atoms with Crippen LogP contribution in [-0.2, 0) is 0 Å². The van der Waals surface area contributed by atoms with Crippen LogP contribution in [0.15, 0.2) is 54.6 Å². The van der Waals surface area contributed by atoms with Crippen LogP contribution in [0.4, 0.5) is 5.69 Å². The zero-order chi connectivity index (χ0) is 16.4. The minimum atomic E-state index is 0.390. The number of thiocarbonyl (C=S) groups is 1. The summed E-state index contributed by atoms with van der Waals surface area (Å²) >= 11 is 5.61. The van der Waals surface area contributed by atoms with Gasteiger partial charge in [-0.15, -0.1) is 0 Å². The predicted octanol–water partition coefficient (Wildman–Crippen LogP) is 4.14. The molecule has 4 nitrogen and oxygen atoms in total. The largest absolute Gasteiger partial charge is 0.348 e. The molecule has 4 rings (SSSR count). The number of imidazole rings is 1. The number of fused-ring (bicyclic) bond motifs is 1. The van der Waals surface area contributed by atoms with Crippen molar-refractivity contribution < 1.29 is 0 Å². The molecule has 2 heterocycles. The van der Waals surface area contributed by atoms with Crippen LogP contribution in [-0.4, -0.2) is 33.1 Å². The number of piperidine rings is 1. The summed E-state index contributed by atoms with van der Waals surface area (Å²) in [5, 5.41) is 4.13. The summed E-state index contributed by atoms with van der Waals surface area (Å²) in [6, 6.07) is 18.3. The van der Waals surface area contributed by atoms with Crippen molar-refractivity contribution in [3.63, 3.8) is 0 Å². The highest BCUT2D eigenvalue weighted by Crippen LogP contribution is 2.27. The Morgan fingerprint density at radius 3 is 2.75 bits per heavy atom. The fourth-order valence-corrected chi connectivity index (χ4v) is 3.56. The fourth-order valence-electron chi connectivity index (χ4n) is 3.27. The van der Waals surface area contributed by atoms with Crippen molar-refractivity contribution in [2.45, 2.75) is 18.8 Å². The van der Waals surface area contributed by atoms with E-state index >= 15 is 0 Å². The molecule has 1 aromatic heterocycles. The maximum atomic E-state index is 5.61. The van der Waals surface area contributed by atoms with E-state index in [-0.39, 0.29) is 0 Å². The standard InChI is InChI=1S/C19H20N4S/c24-19(20-15-8-2-1-3-9-15)23-12-6-7-14(13-23)18-21-16-10-4-5-11-17(16)22-18/h1-5,8-11,14H,6-7,12-13H2,(H,20,24)(H,21,22). The summed E-state index contributed by atoms with van der Waals surface area (Å²) in [5.74, 6) is 1.46. The highest BCUT2D eigenvalue weighted by molar-refractivity contribution is 7.80. The van der Waals surface area contributed by atoms with Crippen LogP contribution in [0, 0.1) is 0 Å². The molecule has 1 saturated heterocycles. The van der Waals surface area contributed by atoms with Gasteiger partial charge in [-0.1, -0.05) is 30.3 Å². The van der Waals surface area contributed by atoms with Crippen molar-refractivity contribution in [1.29, 1.82) is 0 Å². The number of nitrogens with one attached hydrogen (secondary N) is 2. The van der Waals surface area contributed by atoms with Gasteiger partial charge in [-0.2, -0.15) is 0 Å². The summed E-state index contributed by atoms with van der Waals surface area (Å²) < 4.78 is 0. The van der Waals surface area contributed by atoms with Gasteiger partial charge in [0.1, 0.15) is 5.82 Å². The van der Waals surface area contributed by atoms with Crippen molar-refractivity contribution in [3.8, 4) is 0 Å². The van der Waals surface area contributed by atoms with Crippen LogP contribution in [0.5, 0.6) is 0 Å². The molecule has 1 aliphatic heterocycles. The lowest BCUT2D eigenvalue weighted by molar-refractivity contribution is 0.307. The second kappa shape index (κ2) is 6.61. The van der Waals surface area contributed by atoms with E-state index < -0.39 is 0 Å². The zero-order valence-electron chi connectivity index (χ0n) is 13.4. The Morgan fingerprint density at radius 2 is 1.92 bits per heavy atom. The van der Waals surface area contributed by atoms with Gasteiger partial charge in [-0.05, 0) is 49.3 Å². The zero-order valence-corrected chi connectivity index (χ0v) is 14.2. The molecule has 0 spiro atoms. The van der Waals surface area contributed by atoms with Gasteiger partial charge in [0.15, 0.2) is 5.11 Å². The number of hydrogen-bond acceptors (Lipinski definition) is 2. The summed E-state index contributed by atoms with van der Waals surface area (Å²) in [5.41, 5.74) is 3.18. The van der Waals surface area contributed by atoms with Crippen molar-refractivity contribution >= 4 is 34.1 Å². The van der Waals surface area contributed by atoms with Crippen molar-refractivity contribution in [1.82, 2.24) is 14.9 Å². The van der Waals surface area contributed by atoms with Crippen molar-refractivity contribution in [2.75, 3.05) is 18.4 Å². The maximum Gasteiger partial charge on any atom is 0.173 e. The lowest BCUT2D eigenvalue weighted by atomic mass is 9.98. The first kappa shape index (κ1) is 15.1. The molecule has 0 bridgehead atoms. The number of H-pyrrole nitrogens is 1. The highest BCUT2D eigenvalue weighted by atomic mass is 32.1. The van der Waals surface area contributed by atoms with E-state index in [0.29, 0.717) is 5.92 Å². The quantitative estimate of drug-likeness (QED) is 0.690. The van der Waals surface area contributed by atoms with E-state index in [1.807, 2.05) is 42.5 Å². The van der Waals surface area contributed by atoms with E-state index in [1.165, 1.54) is 0 Å². The normalized spacial score (nSPS) is 17.8. The fraction of sp³-hybridized carbons (Fsp3) is 0.263. The molecule has 1 fully saturated rings. The molecule has 2 N–H and O–H groups in total. The minimum absolute atomic E-state index is 0.390. The summed E-state index contributed by atoms with van der Waals surface area (Å²) in [6.45, 7) is 1.90. The Hall–Kier alpha value is -2.40. The molecule has 5 heteroatoms. The van der Waals surface area contributed by atoms with Crippen LogP contribution < -0.4 is 5.32 Å². The number of para-hydroxylation sites is 3. The Kier molecular flexibility index (Phi) is 4.17. The second-order valence-corrected chi connectivity index (χ2v) is 6.61. The maximum absolute atomic E-state index is 5.61. The molecule has 1 atom stereocenters. The monoisotopic (exact) mass is 336 g/mol. The first-order chi connectivity index (χ1) is 11.8. The molecule has 1 unspecified atom stereocenters. The number of rotatable bonds is 2. The number of aromatic nitrogens is 2. The second-order valence-electron chi connectivity index (χ2n) is 6.22. The average Bonchev–Trinajstić information content (AvgIpc) is 3.07. The van der Waals surface area contributed by atoms with Gasteiger partial charge < -0.3 is 15.2 Å². The predicted molar refractivity (Wildman–Crippen MR) is 102 cm³/mol. The van der Waals surface area contributed by atoms with Crippen LogP contribution in [0.2, 0.25) is 0 Å². The summed E-state index contributed by atoms with van der Waals surface area (Å²) in [6.07, 6.45) is 2.27. The SMILES string of the molecule is S=C(Nc1ccccc1)N1CCCC(c2nc3ccccc3[nH]2)C1. The summed E-state index contributed by atoms with van der Waals surface area (Å²) in [4.78, 5) is 10.5. The van der Waals surface area contributed by atoms with Crippen molar-refractivity contribution in [3.05, 3.63) is 60.4 Å². The number of nitrogens with zero attached hydrogens (tertiary/aromatic N) is 2. The van der Waals surface area contributed by atoms with Gasteiger partial charge in [0.05, 0.1) is 11.0 Å². The highest BCUT2D eigenvalue weighted by Gasteiger charge is 2.25. The first-order valence-electron chi connectivity index (χ1n) is 8.35. The smallest absolute Gasteiger partial charge is 0.173 e. The van der Waals surface area contributed by atoms with E-state index in [4.69, 9.17) is 17.2 Å². The number of aromatic amines is 1. The molecule has 0 radical (unpaired) electrons. The van der Waals surface area contributed by atoms with E-state index in [9.17, 15) is 0 Å². The Balaban J connectivity index is 1.48. The van der Waals surface area contributed by atoms with E-state index in [0.717, 1.165) is 53.6 Å². The van der Waals surface area contributed by atoms with Crippen LogP contribution in [0.1, 0.15) is 24.6 Å². The minimum Gasteiger partial charge on any atom is -0.348 e. The van der Waals surface area contributed by atoms with Gasteiger partial charge in [0.2, 0.25) is 0 Å². The van der Waals surface area contributed by atoms with E-state index in [1.54, 1.807) is 0 Å². The molecule has 2 aromatic carbocycles. The Labute approximate surface area is 146 Å². The van der Waals surface area contributed by atoms with Gasteiger partial charge in [-0.25, -0.2) is 4.98 Å². The number of likely N-dealkylation sites (tertiary alicyclic amines) is 1. The lowest BCUT2D eigenvalue weighted by Gasteiger charge is -2.33. The van der Waals surface area contributed by atoms with Gasteiger partial charge >= 0.3 is 0 Å². The number of hydrogen-bond donors (Lipinski definition) is 2. The number of anilines is 1. The molecule has 3 aromatic rings. The molecular weight excluding hydrogens is 316 g/mol. The van der Waals surface area contributed by atoms with Crippen LogP contribution in [0.25, 0.3) is 11.0 Å². The van der Waals surface area contributed by atoms with Gasteiger partial charge in [0.25, 0.3) is 0 Å². The molecule has 24 heavy (non-hydrogen) atoms. The molecule has 0 amide bonds. The number of benzene rings is 2. The van der Waals surface area contributed by atoms with E-state index in [2.05, 4.69) is 27.3 Å². The molecule has 1 aliphatic rings. The van der Waals surface area contributed by atoms with Crippen molar-refractivity contribution in [2.24, 2.45) is 0 Å². The molecule has 122 valence electrons. The average molecular weight is 336 g/mol. The van der Waals surface area contributed by atoms with Crippen LogP contribution in [0.3, 0.4) is 0 Å². The van der Waals surface area contributed by atoms with Gasteiger partial charge in [-0.3, -0.25) is 0 Å².